The molecule has 0 amide bonds. The van der Waals surface area contributed by atoms with Crippen LogP contribution in [0.3, 0.4) is 0 Å². The van der Waals surface area contributed by atoms with E-state index in [0.29, 0.717) is 28.3 Å². The Bertz CT molecular complexity index is 973. The average molecular weight is 362 g/mol. The largest absolute Gasteiger partial charge is 0.369 e. The van der Waals surface area contributed by atoms with E-state index >= 15 is 0 Å². The molecule has 0 spiro atoms. The van der Waals surface area contributed by atoms with Crippen molar-refractivity contribution in [3.63, 3.8) is 0 Å². The number of aromatic nitrogens is 2. The van der Waals surface area contributed by atoms with Crippen LogP contribution in [0.25, 0.3) is 10.9 Å². The number of halogens is 1. The summed E-state index contributed by atoms with van der Waals surface area (Å²) in [6.45, 7) is 0.664. The van der Waals surface area contributed by atoms with Gasteiger partial charge in [0.05, 0.1) is 10.4 Å². The zero-order valence-electron chi connectivity index (χ0n) is 13.0. The molecule has 24 heavy (non-hydrogen) atoms. The van der Waals surface area contributed by atoms with Crippen LogP contribution in [-0.4, -0.2) is 31.2 Å². The summed E-state index contributed by atoms with van der Waals surface area (Å²) < 4.78 is 23.5. The van der Waals surface area contributed by atoms with Gasteiger partial charge in [0.1, 0.15) is 12.1 Å². The fourth-order valence-corrected chi connectivity index (χ4v) is 3.16. The molecule has 2 aromatic carbocycles. The molecule has 7 heteroatoms. The van der Waals surface area contributed by atoms with Gasteiger partial charge in [-0.25, -0.2) is 18.4 Å². The van der Waals surface area contributed by atoms with Crippen LogP contribution in [0.15, 0.2) is 53.7 Å². The van der Waals surface area contributed by atoms with Crippen molar-refractivity contribution in [1.82, 2.24) is 9.97 Å². The van der Waals surface area contributed by atoms with Gasteiger partial charge >= 0.3 is 0 Å². The summed E-state index contributed by atoms with van der Waals surface area (Å²) >= 11 is 5.88. The lowest BCUT2D eigenvalue weighted by Gasteiger charge is -2.09. The monoisotopic (exact) mass is 361 g/mol. The molecule has 3 rings (SSSR count). The molecule has 0 atom stereocenters. The molecule has 0 bridgehead atoms. The molecule has 0 unspecified atom stereocenters. The smallest absolute Gasteiger partial charge is 0.175 e. The van der Waals surface area contributed by atoms with Crippen molar-refractivity contribution in [2.45, 2.75) is 11.3 Å². The number of nitrogens with one attached hydrogen (secondary N) is 1. The van der Waals surface area contributed by atoms with Crippen molar-refractivity contribution < 1.29 is 8.42 Å². The Morgan fingerprint density at radius 2 is 1.83 bits per heavy atom. The molecule has 0 aliphatic rings. The van der Waals surface area contributed by atoms with Gasteiger partial charge in [-0.05, 0) is 42.3 Å². The summed E-state index contributed by atoms with van der Waals surface area (Å²) in [5.41, 5.74) is 1.86. The van der Waals surface area contributed by atoms with Gasteiger partial charge in [0.25, 0.3) is 0 Å². The fraction of sp³-hybridized carbons (Fsp3) is 0.176. The van der Waals surface area contributed by atoms with Gasteiger partial charge in [0.15, 0.2) is 9.84 Å². The topological polar surface area (TPSA) is 72.0 Å². The van der Waals surface area contributed by atoms with E-state index in [1.54, 1.807) is 18.2 Å². The van der Waals surface area contributed by atoms with Crippen molar-refractivity contribution in [3.8, 4) is 0 Å². The first kappa shape index (κ1) is 16.7. The average Bonchev–Trinajstić information content (AvgIpc) is 2.55. The standard InChI is InChI=1S/C17H16ClN3O2S/c1-24(22,23)14-6-7-16-15(10-14)17(21-11-20-16)19-9-8-12-2-4-13(18)5-3-12/h2-7,10-11H,8-9H2,1H3,(H,19,20,21). The SMILES string of the molecule is CS(=O)(=O)c1ccc2ncnc(NCCc3ccc(Cl)cc3)c2c1. The minimum absolute atomic E-state index is 0.255. The number of benzene rings is 2. The van der Waals surface area contributed by atoms with Crippen LogP contribution in [0.2, 0.25) is 5.02 Å². The Hall–Kier alpha value is -2.18. The quantitative estimate of drug-likeness (QED) is 0.754. The van der Waals surface area contributed by atoms with Crippen molar-refractivity contribution in [1.29, 1.82) is 0 Å². The predicted octanol–water partition coefficient (Wildman–Crippen LogP) is 3.34. The van der Waals surface area contributed by atoms with Gasteiger partial charge in [-0.15, -0.1) is 0 Å². The molecular formula is C17H16ClN3O2S. The molecule has 1 N–H and O–H groups in total. The summed E-state index contributed by atoms with van der Waals surface area (Å²) in [4.78, 5) is 8.67. The third kappa shape index (κ3) is 3.83. The number of hydrogen-bond donors (Lipinski definition) is 1. The molecule has 0 aliphatic carbocycles. The molecule has 1 aromatic heterocycles. The summed E-state index contributed by atoms with van der Waals surface area (Å²) in [5, 5.41) is 4.65. The van der Waals surface area contributed by atoms with Gasteiger partial charge in [-0.3, -0.25) is 0 Å². The molecule has 124 valence electrons. The normalized spacial score (nSPS) is 11.6. The van der Waals surface area contributed by atoms with Crippen LogP contribution < -0.4 is 5.32 Å². The second kappa shape index (κ2) is 6.75. The van der Waals surface area contributed by atoms with Crippen LogP contribution >= 0.6 is 11.6 Å². The second-order valence-corrected chi connectivity index (χ2v) is 7.93. The van der Waals surface area contributed by atoms with E-state index in [2.05, 4.69) is 15.3 Å². The third-order valence-electron chi connectivity index (χ3n) is 3.65. The summed E-state index contributed by atoms with van der Waals surface area (Å²) in [7, 11) is -3.27. The summed E-state index contributed by atoms with van der Waals surface area (Å²) in [5.74, 6) is 0.625. The number of hydrogen-bond acceptors (Lipinski definition) is 5. The maximum Gasteiger partial charge on any atom is 0.175 e. The fourth-order valence-electron chi connectivity index (χ4n) is 2.38. The second-order valence-electron chi connectivity index (χ2n) is 5.48. The highest BCUT2D eigenvalue weighted by Gasteiger charge is 2.10. The molecule has 0 radical (unpaired) electrons. The van der Waals surface area contributed by atoms with Crippen molar-refractivity contribution >= 4 is 38.2 Å². The van der Waals surface area contributed by atoms with Crippen LogP contribution in [0.4, 0.5) is 5.82 Å². The van der Waals surface area contributed by atoms with E-state index in [4.69, 9.17) is 11.6 Å². The molecule has 0 fully saturated rings. The van der Waals surface area contributed by atoms with Gasteiger partial charge in [-0.2, -0.15) is 0 Å². The van der Waals surface area contributed by atoms with E-state index in [1.807, 2.05) is 24.3 Å². The first-order valence-electron chi connectivity index (χ1n) is 7.36. The van der Waals surface area contributed by atoms with E-state index < -0.39 is 9.84 Å². The van der Waals surface area contributed by atoms with Crippen LogP contribution in [0.1, 0.15) is 5.56 Å². The van der Waals surface area contributed by atoms with Gasteiger partial charge in [0.2, 0.25) is 0 Å². The van der Waals surface area contributed by atoms with Crippen molar-refractivity contribution in [2.75, 3.05) is 18.1 Å². The van der Waals surface area contributed by atoms with Gasteiger partial charge in [0, 0.05) is 23.2 Å². The van der Waals surface area contributed by atoms with Gasteiger partial charge in [-0.1, -0.05) is 23.7 Å². The Kier molecular flexibility index (Phi) is 4.69. The lowest BCUT2D eigenvalue weighted by molar-refractivity contribution is 0.602. The van der Waals surface area contributed by atoms with Crippen LogP contribution in [0, 0.1) is 0 Å². The third-order valence-corrected chi connectivity index (χ3v) is 5.02. The van der Waals surface area contributed by atoms with Gasteiger partial charge < -0.3 is 5.32 Å². The van der Waals surface area contributed by atoms with E-state index in [0.717, 1.165) is 12.0 Å². The molecule has 0 aliphatic heterocycles. The van der Waals surface area contributed by atoms with Crippen LogP contribution in [0.5, 0.6) is 0 Å². The Morgan fingerprint density at radius 3 is 2.54 bits per heavy atom. The summed E-state index contributed by atoms with van der Waals surface area (Å²) in [6.07, 6.45) is 3.45. The highest BCUT2D eigenvalue weighted by Crippen LogP contribution is 2.23. The summed E-state index contributed by atoms with van der Waals surface area (Å²) in [6, 6.07) is 12.5. The Labute approximate surface area is 145 Å². The minimum atomic E-state index is -3.27. The van der Waals surface area contributed by atoms with E-state index in [9.17, 15) is 8.42 Å². The number of rotatable bonds is 5. The maximum atomic E-state index is 11.7. The number of fused-ring (bicyclic) bond motifs is 1. The van der Waals surface area contributed by atoms with E-state index in [-0.39, 0.29) is 4.90 Å². The van der Waals surface area contributed by atoms with Crippen LogP contribution in [-0.2, 0) is 16.3 Å². The highest BCUT2D eigenvalue weighted by molar-refractivity contribution is 7.90. The van der Waals surface area contributed by atoms with E-state index in [1.165, 1.54) is 12.6 Å². The lowest BCUT2D eigenvalue weighted by Crippen LogP contribution is -2.07. The molecule has 5 nitrogen and oxygen atoms in total. The maximum absolute atomic E-state index is 11.7. The first-order valence-corrected chi connectivity index (χ1v) is 9.63. The number of anilines is 1. The molecule has 1 heterocycles. The zero-order chi connectivity index (χ0) is 17.2. The zero-order valence-corrected chi connectivity index (χ0v) is 14.6. The lowest BCUT2D eigenvalue weighted by atomic mass is 10.1. The highest BCUT2D eigenvalue weighted by atomic mass is 35.5. The molecule has 0 saturated heterocycles. The molecule has 3 aromatic rings. The Morgan fingerprint density at radius 1 is 1.08 bits per heavy atom. The van der Waals surface area contributed by atoms with Crippen molar-refractivity contribution in [2.24, 2.45) is 0 Å². The first-order chi connectivity index (χ1) is 11.4. The Balaban J connectivity index is 1.82. The number of sulfone groups is 1. The minimum Gasteiger partial charge on any atom is -0.369 e. The van der Waals surface area contributed by atoms with Crippen molar-refractivity contribution in [3.05, 3.63) is 59.4 Å². The molecule has 0 saturated carbocycles. The number of nitrogens with zero attached hydrogens (tertiary/aromatic N) is 2. The molecular weight excluding hydrogens is 346 g/mol. The predicted molar refractivity (Wildman–Crippen MR) is 96.3 cm³/mol.